The molecular formula is C26H34N3O2S+. The van der Waals surface area contributed by atoms with Crippen molar-refractivity contribution in [3.05, 3.63) is 41.5 Å². The Labute approximate surface area is 195 Å². The van der Waals surface area contributed by atoms with Gasteiger partial charge in [-0.25, -0.2) is 4.52 Å². The van der Waals surface area contributed by atoms with Gasteiger partial charge in [0, 0.05) is 17.9 Å². The first-order chi connectivity index (χ1) is 15.5. The molecule has 0 N–H and O–H groups in total. The first-order valence-electron chi connectivity index (χ1n) is 11.6. The topological polar surface area (TPSA) is 35.8 Å². The minimum Gasteiger partial charge on any atom is -0.497 e. The molecule has 1 saturated heterocycles. The van der Waals surface area contributed by atoms with Crippen LogP contribution in [0.1, 0.15) is 30.4 Å². The van der Waals surface area contributed by atoms with Gasteiger partial charge in [0.15, 0.2) is 10.7 Å². The lowest BCUT2D eigenvalue weighted by Crippen LogP contribution is -2.55. The van der Waals surface area contributed by atoms with Gasteiger partial charge in [0.05, 0.1) is 39.6 Å². The van der Waals surface area contributed by atoms with Crippen LogP contribution < -0.4 is 9.22 Å². The van der Waals surface area contributed by atoms with Crippen molar-refractivity contribution in [1.82, 2.24) is 14.1 Å². The van der Waals surface area contributed by atoms with Crippen LogP contribution in [0.2, 0.25) is 0 Å². The molecule has 2 fully saturated rings. The summed E-state index contributed by atoms with van der Waals surface area (Å²) in [6.07, 6.45) is 5.97. The molecule has 0 radical (unpaired) electrons. The predicted octanol–water partition coefficient (Wildman–Crippen LogP) is 5.48. The number of hydrogen-bond donors (Lipinski definition) is 0. The van der Waals surface area contributed by atoms with Gasteiger partial charge in [-0.3, -0.25) is 4.48 Å². The molecule has 1 aliphatic carbocycles. The van der Waals surface area contributed by atoms with Crippen LogP contribution in [0.25, 0.3) is 16.8 Å². The van der Waals surface area contributed by atoms with Crippen LogP contribution in [-0.2, 0) is 4.74 Å². The summed E-state index contributed by atoms with van der Waals surface area (Å²) in [6.45, 7) is 7.20. The number of benzene rings is 1. The molecule has 5 rings (SSSR count). The van der Waals surface area contributed by atoms with E-state index in [1.807, 2.05) is 0 Å². The van der Waals surface area contributed by atoms with Crippen molar-refractivity contribution in [3.63, 3.8) is 0 Å². The largest absolute Gasteiger partial charge is 0.497 e. The number of pyridine rings is 1. The van der Waals surface area contributed by atoms with Crippen molar-refractivity contribution in [2.24, 2.45) is 5.92 Å². The van der Waals surface area contributed by atoms with Gasteiger partial charge >= 0.3 is 0 Å². The molecule has 2 atom stereocenters. The van der Waals surface area contributed by atoms with E-state index in [-0.39, 0.29) is 0 Å². The van der Waals surface area contributed by atoms with Gasteiger partial charge in [0.2, 0.25) is 0 Å². The number of thioether (sulfide) groups is 1. The van der Waals surface area contributed by atoms with E-state index in [9.17, 15) is 0 Å². The Morgan fingerprint density at radius 2 is 1.94 bits per heavy atom. The minimum absolute atomic E-state index is 0.489. The first kappa shape index (κ1) is 21.8. The van der Waals surface area contributed by atoms with Crippen molar-refractivity contribution < 1.29 is 9.47 Å². The first-order valence-corrected chi connectivity index (χ1v) is 12.8. The molecule has 1 aromatic carbocycles. The summed E-state index contributed by atoms with van der Waals surface area (Å²) in [4.78, 5) is 0. The molecule has 2 unspecified atom stereocenters. The van der Waals surface area contributed by atoms with E-state index in [2.05, 4.69) is 62.0 Å². The van der Waals surface area contributed by atoms with Crippen LogP contribution in [-0.4, -0.2) is 55.8 Å². The van der Waals surface area contributed by atoms with Crippen molar-refractivity contribution in [2.45, 2.75) is 44.2 Å². The number of ether oxygens (including phenoxy) is 2. The SMILES string of the molecule is COc1cc(C)c(-c2cccc3c([N+](C)(CC4CC4)C4CCOC4)c(SC)nn23)c(C)c1. The minimum atomic E-state index is 0.489. The van der Waals surface area contributed by atoms with Gasteiger partial charge < -0.3 is 9.47 Å². The normalized spacial score (nSPS) is 20.6. The molecule has 0 amide bonds. The molecule has 2 aliphatic rings. The second kappa shape index (κ2) is 8.40. The maximum atomic E-state index is 5.87. The summed E-state index contributed by atoms with van der Waals surface area (Å²) in [5.41, 5.74) is 7.37. The third kappa shape index (κ3) is 3.62. The Morgan fingerprint density at radius 1 is 1.19 bits per heavy atom. The number of quaternary nitrogens is 1. The fraction of sp³-hybridized carbons (Fsp3) is 0.500. The Hall–Kier alpha value is -2.02. The summed E-state index contributed by atoms with van der Waals surface area (Å²) in [6, 6.07) is 11.4. The van der Waals surface area contributed by atoms with Gasteiger partial charge in [-0.15, -0.1) is 11.8 Å². The van der Waals surface area contributed by atoms with Crippen LogP contribution in [0.5, 0.6) is 5.75 Å². The fourth-order valence-electron chi connectivity index (χ4n) is 5.52. The fourth-order valence-corrected chi connectivity index (χ4v) is 6.19. The van der Waals surface area contributed by atoms with Crippen molar-refractivity contribution >= 4 is 23.0 Å². The zero-order valence-electron chi connectivity index (χ0n) is 19.9. The summed E-state index contributed by atoms with van der Waals surface area (Å²) in [7, 11) is 4.15. The molecule has 2 aromatic heterocycles. The lowest BCUT2D eigenvalue weighted by molar-refractivity contribution is 0.157. The van der Waals surface area contributed by atoms with Gasteiger partial charge in [-0.1, -0.05) is 6.07 Å². The van der Waals surface area contributed by atoms with Crippen LogP contribution >= 0.6 is 11.8 Å². The molecule has 3 aromatic rings. The second-order valence-corrected chi connectivity index (χ2v) is 10.4. The second-order valence-electron chi connectivity index (χ2n) is 9.61. The third-order valence-electron chi connectivity index (χ3n) is 7.35. The van der Waals surface area contributed by atoms with E-state index in [4.69, 9.17) is 14.6 Å². The molecule has 5 nitrogen and oxygen atoms in total. The number of hydrogen-bond acceptors (Lipinski definition) is 4. The molecule has 170 valence electrons. The van der Waals surface area contributed by atoms with Crippen LogP contribution in [0, 0.1) is 19.8 Å². The van der Waals surface area contributed by atoms with Crippen molar-refractivity contribution in [1.29, 1.82) is 0 Å². The molecule has 3 heterocycles. The average Bonchev–Trinajstić information content (AvgIpc) is 3.27. The molecule has 32 heavy (non-hydrogen) atoms. The van der Waals surface area contributed by atoms with Crippen LogP contribution in [0.3, 0.4) is 0 Å². The summed E-state index contributed by atoms with van der Waals surface area (Å²) < 4.78 is 14.5. The molecule has 1 saturated carbocycles. The predicted molar refractivity (Wildman–Crippen MR) is 133 cm³/mol. The van der Waals surface area contributed by atoms with Gasteiger partial charge in [0.1, 0.15) is 17.3 Å². The van der Waals surface area contributed by atoms with Crippen LogP contribution in [0.4, 0.5) is 5.69 Å². The standard InChI is InChI=1S/C26H34N3O2S/c1-17-13-21(30-4)14-18(2)24(17)22-7-6-8-23-25(26(32-5)27-28(22)23)29(3,15-19-9-10-19)20-11-12-31-16-20/h6-8,13-14,19-20H,9-12,15-16H2,1-5H3/q+1. The quantitative estimate of drug-likeness (QED) is 0.351. The highest BCUT2D eigenvalue weighted by molar-refractivity contribution is 7.98. The number of aromatic nitrogens is 2. The Bertz CT molecular complexity index is 1120. The molecule has 0 bridgehead atoms. The zero-order valence-corrected chi connectivity index (χ0v) is 20.7. The van der Waals surface area contributed by atoms with E-state index >= 15 is 0 Å². The van der Waals surface area contributed by atoms with Crippen molar-refractivity contribution in [3.8, 4) is 17.0 Å². The highest BCUT2D eigenvalue weighted by Crippen LogP contribution is 2.44. The molecule has 6 heteroatoms. The number of nitrogens with zero attached hydrogens (tertiary/aromatic N) is 3. The third-order valence-corrected chi connectivity index (χ3v) is 8.01. The Morgan fingerprint density at radius 3 is 2.53 bits per heavy atom. The van der Waals surface area contributed by atoms with E-state index in [0.717, 1.165) is 46.5 Å². The van der Waals surface area contributed by atoms with Gasteiger partial charge in [0.25, 0.3) is 0 Å². The maximum absolute atomic E-state index is 5.87. The number of fused-ring (bicyclic) bond motifs is 1. The molecule has 0 spiro atoms. The average molecular weight is 453 g/mol. The maximum Gasteiger partial charge on any atom is 0.193 e. The number of methoxy groups -OCH3 is 1. The summed E-state index contributed by atoms with van der Waals surface area (Å²) >= 11 is 1.76. The monoisotopic (exact) mass is 452 g/mol. The number of rotatable bonds is 7. The van der Waals surface area contributed by atoms with Crippen molar-refractivity contribution in [2.75, 3.05) is 40.2 Å². The van der Waals surface area contributed by atoms with E-state index in [1.165, 1.54) is 47.3 Å². The van der Waals surface area contributed by atoms with E-state index < -0.39 is 0 Å². The Balaban J connectivity index is 1.72. The van der Waals surface area contributed by atoms with E-state index in [1.54, 1.807) is 18.9 Å². The smallest absolute Gasteiger partial charge is 0.193 e. The lowest BCUT2D eigenvalue weighted by Gasteiger charge is -2.39. The number of likely N-dealkylation sites (N-methyl/N-ethyl adjacent to an activating group) is 1. The molecular weight excluding hydrogens is 418 g/mol. The van der Waals surface area contributed by atoms with Crippen LogP contribution in [0.15, 0.2) is 35.4 Å². The highest BCUT2D eigenvalue weighted by Gasteiger charge is 2.45. The lowest BCUT2D eigenvalue weighted by atomic mass is 9.98. The van der Waals surface area contributed by atoms with Gasteiger partial charge in [-0.2, -0.15) is 5.10 Å². The zero-order chi connectivity index (χ0) is 22.5. The summed E-state index contributed by atoms with van der Waals surface area (Å²) in [5.74, 6) is 1.72. The summed E-state index contributed by atoms with van der Waals surface area (Å²) in [5, 5.41) is 6.32. The molecule has 1 aliphatic heterocycles. The van der Waals surface area contributed by atoms with Gasteiger partial charge in [-0.05, 0) is 68.3 Å². The van der Waals surface area contributed by atoms with E-state index in [0.29, 0.717) is 6.04 Å². The number of aryl methyl sites for hydroxylation is 2. The highest BCUT2D eigenvalue weighted by atomic mass is 32.2. The Kier molecular flexibility index (Phi) is 5.72.